The van der Waals surface area contributed by atoms with Gasteiger partial charge in [0, 0.05) is 24.7 Å². The summed E-state index contributed by atoms with van der Waals surface area (Å²) in [6.45, 7) is 10.7. The van der Waals surface area contributed by atoms with Gasteiger partial charge < -0.3 is 14.6 Å². The smallest absolute Gasteiger partial charge is 0.266 e. The molecule has 1 N–H and O–H groups in total. The molecule has 1 aromatic carbocycles. The van der Waals surface area contributed by atoms with Gasteiger partial charge >= 0.3 is 0 Å². The molecule has 1 aliphatic heterocycles. The third-order valence-electron chi connectivity index (χ3n) is 3.98. The molecular formula is C17H17N3O4. The topological polar surface area (TPSA) is 77.9 Å². The van der Waals surface area contributed by atoms with Crippen LogP contribution in [0.25, 0.3) is 4.85 Å². The van der Waals surface area contributed by atoms with E-state index in [1.807, 2.05) is 0 Å². The van der Waals surface area contributed by atoms with Crippen molar-refractivity contribution in [3.8, 4) is 11.6 Å². The number of hydrogen-bond donors (Lipinski definition) is 1. The molecule has 3 rings (SSSR count). The molecule has 1 aromatic heterocycles. The van der Waals surface area contributed by atoms with E-state index in [9.17, 15) is 9.90 Å². The molecule has 7 heteroatoms. The van der Waals surface area contributed by atoms with Crippen LogP contribution in [-0.4, -0.2) is 26.6 Å². The number of rotatable bonds is 2. The Morgan fingerprint density at radius 1 is 1.38 bits per heavy atom. The normalized spacial score (nSPS) is 21.3. The monoisotopic (exact) mass is 327 g/mol. The number of fused-ring (bicyclic) bond motifs is 1. The van der Waals surface area contributed by atoms with E-state index in [-0.39, 0.29) is 11.4 Å². The van der Waals surface area contributed by atoms with Crippen molar-refractivity contribution in [3.63, 3.8) is 0 Å². The van der Waals surface area contributed by atoms with Crippen molar-refractivity contribution in [1.82, 2.24) is 9.78 Å². The summed E-state index contributed by atoms with van der Waals surface area (Å²) in [6.07, 6.45) is -1.75. The second-order valence-corrected chi connectivity index (χ2v) is 6.16. The minimum Gasteiger partial charge on any atom is -0.485 e. The first kappa shape index (κ1) is 16.0. The maximum absolute atomic E-state index is 11.5. The van der Waals surface area contributed by atoms with Gasteiger partial charge in [0.1, 0.15) is 17.5 Å². The number of nitrogens with zero attached hydrogens (tertiary/aromatic N) is 3. The van der Waals surface area contributed by atoms with Crippen LogP contribution < -0.4 is 15.0 Å². The second-order valence-electron chi connectivity index (χ2n) is 6.16. The zero-order chi connectivity index (χ0) is 17.5. The zero-order valence-corrected chi connectivity index (χ0v) is 13.6. The highest BCUT2D eigenvalue weighted by molar-refractivity contribution is 5.54. The number of benzene rings is 1. The molecule has 0 saturated heterocycles. The predicted octanol–water partition coefficient (Wildman–Crippen LogP) is 1.98. The molecule has 0 fully saturated rings. The summed E-state index contributed by atoms with van der Waals surface area (Å²) in [5, 5.41) is 14.7. The standard InChI is InChI=1S/C17H17N3O4/c1-17(2)16(22)15(23-13-7-8-14(21)20(4)19-13)11-9-10(18-3)5-6-12(11)24-17/h5-9,15-16,22H,1-2,4H3. The lowest BCUT2D eigenvalue weighted by molar-refractivity contribution is -0.104. The summed E-state index contributed by atoms with van der Waals surface area (Å²) >= 11 is 0. The summed E-state index contributed by atoms with van der Waals surface area (Å²) in [5.74, 6) is 0.755. The highest BCUT2D eigenvalue weighted by atomic mass is 16.5. The van der Waals surface area contributed by atoms with Gasteiger partial charge in [0.05, 0.1) is 6.57 Å². The van der Waals surface area contributed by atoms with E-state index in [0.29, 0.717) is 17.0 Å². The number of aliphatic hydroxyl groups excluding tert-OH is 1. The van der Waals surface area contributed by atoms with Gasteiger partial charge in [-0.1, -0.05) is 6.07 Å². The van der Waals surface area contributed by atoms with Crippen molar-refractivity contribution in [3.05, 3.63) is 57.7 Å². The first-order chi connectivity index (χ1) is 11.3. The minimum atomic E-state index is -0.981. The first-order valence-electron chi connectivity index (χ1n) is 7.41. The molecule has 0 saturated carbocycles. The van der Waals surface area contributed by atoms with Crippen LogP contribution >= 0.6 is 0 Å². The first-order valence-corrected chi connectivity index (χ1v) is 7.41. The zero-order valence-electron chi connectivity index (χ0n) is 13.6. The number of ether oxygens (including phenoxy) is 2. The van der Waals surface area contributed by atoms with Crippen LogP contribution in [0.4, 0.5) is 5.69 Å². The Kier molecular flexibility index (Phi) is 3.78. The van der Waals surface area contributed by atoms with E-state index in [1.54, 1.807) is 32.0 Å². The van der Waals surface area contributed by atoms with Crippen LogP contribution in [0.2, 0.25) is 0 Å². The summed E-state index contributed by atoms with van der Waals surface area (Å²) in [7, 11) is 1.52. The lowest BCUT2D eigenvalue weighted by atomic mass is 9.88. The van der Waals surface area contributed by atoms with Crippen LogP contribution in [-0.2, 0) is 7.05 Å². The SMILES string of the molecule is [C-]#[N+]c1ccc2c(c1)C(Oc1ccc(=O)n(C)n1)C(O)C(C)(C)O2. The molecule has 0 amide bonds. The average Bonchev–Trinajstić information content (AvgIpc) is 2.54. The molecule has 2 unspecified atom stereocenters. The fraction of sp³-hybridized carbons (Fsp3) is 0.353. The third kappa shape index (κ3) is 2.72. The van der Waals surface area contributed by atoms with E-state index in [1.165, 1.54) is 19.2 Å². The predicted molar refractivity (Wildman–Crippen MR) is 86.3 cm³/mol. The van der Waals surface area contributed by atoms with Gasteiger partial charge in [0.2, 0.25) is 5.88 Å². The van der Waals surface area contributed by atoms with Crippen LogP contribution in [0.15, 0.2) is 35.1 Å². The van der Waals surface area contributed by atoms with E-state index in [4.69, 9.17) is 16.0 Å². The summed E-state index contributed by atoms with van der Waals surface area (Å²) in [6, 6.07) is 7.78. The molecule has 124 valence electrons. The van der Waals surface area contributed by atoms with E-state index in [0.717, 1.165) is 4.68 Å². The van der Waals surface area contributed by atoms with Gasteiger partial charge in [0.15, 0.2) is 11.8 Å². The third-order valence-corrected chi connectivity index (χ3v) is 3.98. The lowest BCUT2D eigenvalue weighted by Crippen LogP contribution is -2.50. The fourth-order valence-electron chi connectivity index (χ4n) is 2.60. The quantitative estimate of drug-likeness (QED) is 0.854. The Morgan fingerprint density at radius 2 is 2.12 bits per heavy atom. The molecule has 7 nitrogen and oxygen atoms in total. The molecule has 24 heavy (non-hydrogen) atoms. The second kappa shape index (κ2) is 5.65. The van der Waals surface area contributed by atoms with Crippen molar-refractivity contribution in [2.24, 2.45) is 7.05 Å². The van der Waals surface area contributed by atoms with Gasteiger partial charge in [-0.25, -0.2) is 9.53 Å². The highest BCUT2D eigenvalue weighted by Gasteiger charge is 2.44. The molecule has 0 spiro atoms. The van der Waals surface area contributed by atoms with Crippen molar-refractivity contribution in [2.45, 2.75) is 31.7 Å². The van der Waals surface area contributed by atoms with E-state index < -0.39 is 17.8 Å². The Bertz CT molecular complexity index is 882. The summed E-state index contributed by atoms with van der Waals surface area (Å²) in [5.41, 5.74) is -0.138. The van der Waals surface area contributed by atoms with Crippen molar-refractivity contribution >= 4 is 5.69 Å². The average molecular weight is 327 g/mol. The molecule has 2 aromatic rings. The Morgan fingerprint density at radius 3 is 2.79 bits per heavy atom. The van der Waals surface area contributed by atoms with Gasteiger partial charge in [-0.2, -0.15) is 0 Å². The van der Waals surface area contributed by atoms with Gasteiger partial charge in [-0.3, -0.25) is 4.79 Å². The van der Waals surface area contributed by atoms with Gasteiger partial charge in [-0.05, 0) is 26.0 Å². The molecule has 2 heterocycles. The molecule has 0 radical (unpaired) electrons. The number of aliphatic hydroxyl groups is 1. The largest absolute Gasteiger partial charge is 0.485 e. The van der Waals surface area contributed by atoms with Crippen LogP contribution in [0.1, 0.15) is 25.5 Å². The van der Waals surface area contributed by atoms with Crippen LogP contribution in [0.5, 0.6) is 11.6 Å². The molecule has 0 bridgehead atoms. The van der Waals surface area contributed by atoms with Crippen LogP contribution in [0, 0.1) is 6.57 Å². The van der Waals surface area contributed by atoms with E-state index >= 15 is 0 Å². The molecular weight excluding hydrogens is 310 g/mol. The van der Waals surface area contributed by atoms with E-state index in [2.05, 4.69) is 9.94 Å². The van der Waals surface area contributed by atoms with Crippen molar-refractivity contribution in [2.75, 3.05) is 0 Å². The lowest BCUT2D eigenvalue weighted by Gasteiger charge is -2.41. The number of aryl methyl sites for hydroxylation is 1. The summed E-state index contributed by atoms with van der Waals surface area (Å²) < 4.78 is 12.8. The van der Waals surface area contributed by atoms with Crippen LogP contribution in [0.3, 0.4) is 0 Å². The fourth-order valence-corrected chi connectivity index (χ4v) is 2.60. The van der Waals surface area contributed by atoms with Crippen molar-refractivity contribution < 1.29 is 14.6 Å². The molecule has 2 atom stereocenters. The van der Waals surface area contributed by atoms with Crippen molar-refractivity contribution in [1.29, 1.82) is 0 Å². The Balaban J connectivity index is 2.06. The molecule has 1 aliphatic rings. The number of aromatic nitrogens is 2. The maximum Gasteiger partial charge on any atom is 0.266 e. The molecule has 0 aliphatic carbocycles. The van der Waals surface area contributed by atoms with Gasteiger partial charge in [0.25, 0.3) is 5.56 Å². The highest BCUT2D eigenvalue weighted by Crippen LogP contribution is 2.43. The minimum absolute atomic E-state index is 0.206. The van der Waals surface area contributed by atoms with Gasteiger partial charge in [-0.15, -0.1) is 5.10 Å². The Hall–Kier alpha value is -2.85. The maximum atomic E-state index is 11.5. The Labute approximate surface area is 138 Å². The summed E-state index contributed by atoms with van der Waals surface area (Å²) in [4.78, 5) is 14.9. The number of hydrogen-bond acceptors (Lipinski definition) is 5.